The molecule has 31 heavy (non-hydrogen) atoms. The van der Waals surface area contributed by atoms with Crippen LogP contribution < -0.4 is 4.74 Å². The minimum absolute atomic E-state index is 0.0308. The predicted molar refractivity (Wildman–Crippen MR) is 117 cm³/mol. The maximum Gasteiger partial charge on any atom is 0.253 e. The van der Waals surface area contributed by atoms with Gasteiger partial charge in [0.2, 0.25) is 0 Å². The first-order chi connectivity index (χ1) is 15.2. The number of hydrogen-bond acceptors (Lipinski definition) is 5. The van der Waals surface area contributed by atoms with Crippen molar-refractivity contribution in [3.05, 3.63) is 83.7 Å². The molecule has 0 radical (unpaired) electrons. The second-order valence-electron chi connectivity index (χ2n) is 7.53. The molecule has 1 saturated heterocycles. The molecule has 0 saturated carbocycles. The average Bonchev–Trinajstić information content (AvgIpc) is 3.34. The van der Waals surface area contributed by atoms with Crippen LogP contribution in [-0.4, -0.2) is 58.8 Å². The van der Waals surface area contributed by atoms with Gasteiger partial charge in [-0.3, -0.25) is 14.4 Å². The summed E-state index contributed by atoms with van der Waals surface area (Å²) in [7, 11) is 1.63. The Morgan fingerprint density at radius 2 is 1.81 bits per heavy atom. The Kier molecular flexibility index (Phi) is 6.29. The van der Waals surface area contributed by atoms with E-state index in [2.05, 4.69) is 16.1 Å². The molecule has 0 N–H and O–H groups in total. The van der Waals surface area contributed by atoms with Crippen molar-refractivity contribution in [2.45, 2.75) is 12.6 Å². The smallest absolute Gasteiger partial charge is 0.253 e. The molecule has 1 aromatic heterocycles. The fourth-order valence-electron chi connectivity index (χ4n) is 3.85. The highest BCUT2D eigenvalue weighted by molar-refractivity contribution is 5.94. The Balaban J connectivity index is 1.35. The van der Waals surface area contributed by atoms with Crippen LogP contribution in [0.3, 0.4) is 0 Å². The zero-order valence-electron chi connectivity index (χ0n) is 17.5. The number of piperazine rings is 1. The zero-order chi connectivity index (χ0) is 21.6. The van der Waals surface area contributed by atoms with Crippen molar-refractivity contribution >= 4 is 5.91 Å². The first-order valence-corrected chi connectivity index (χ1v) is 10.3. The molecular formula is C24H25N5O2. The van der Waals surface area contributed by atoms with E-state index in [0.717, 1.165) is 16.9 Å². The zero-order valence-corrected chi connectivity index (χ0v) is 17.5. The standard InChI is InChI=1S/C24H25N5O2/c1-31-22-9-7-20(8-10-22)23(17-25)27-13-15-28(16-14-27)24(30)21-5-3-19(4-6-21)18-29-12-2-11-26-29/h2-12,23H,13-16,18H2,1H3. The summed E-state index contributed by atoms with van der Waals surface area (Å²) in [5, 5.41) is 13.9. The van der Waals surface area contributed by atoms with Crippen molar-refractivity contribution in [1.29, 1.82) is 5.26 Å². The minimum Gasteiger partial charge on any atom is -0.497 e. The summed E-state index contributed by atoms with van der Waals surface area (Å²) in [6, 6.07) is 19.3. The highest BCUT2D eigenvalue weighted by Crippen LogP contribution is 2.24. The average molecular weight is 415 g/mol. The first-order valence-electron chi connectivity index (χ1n) is 10.3. The van der Waals surface area contributed by atoms with E-state index in [9.17, 15) is 10.1 Å². The summed E-state index contributed by atoms with van der Waals surface area (Å²) >= 11 is 0. The van der Waals surface area contributed by atoms with Gasteiger partial charge in [-0.15, -0.1) is 0 Å². The number of ether oxygens (including phenoxy) is 1. The van der Waals surface area contributed by atoms with Crippen LogP contribution in [0, 0.1) is 11.3 Å². The summed E-state index contributed by atoms with van der Waals surface area (Å²) in [5.41, 5.74) is 2.72. The van der Waals surface area contributed by atoms with Gasteiger partial charge in [0, 0.05) is 44.1 Å². The van der Waals surface area contributed by atoms with Gasteiger partial charge in [-0.05, 0) is 41.5 Å². The number of nitriles is 1. The monoisotopic (exact) mass is 415 g/mol. The van der Waals surface area contributed by atoms with Crippen LogP contribution in [0.4, 0.5) is 0 Å². The van der Waals surface area contributed by atoms with Crippen LogP contribution in [0.25, 0.3) is 0 Å². The quantitative estimate of drug-likeness (QED) is 0.619. The number of carbonyl (C=O) groups excluding carboxylic acids is 1. The summed E-state index contributed by atoms with van der Waals surface area (Å²) in [4.78, 5) is 16.9. The van der Waals surface area contributed by atoms with Crippen molar-refractivity contribution < 1.29 is 9.53 Å². The molecule has 0 spiro atoms. The Labute approximate surface area is 182 Å². The molecule has 1 fully saturated rings. The second-order valence-corrected chi connectivity index (χ2v) is 7.53. The lowest BCUT2D eigenvalue weighted by Crippen LogP contribution is -2.49. The van der Waals surface area contributed by atoms with Crippen LogP contribution in [0.1, 0.15) is 27.5 Å². The van der Waals surface area contributed by atoms with Crippen molar-refractivity contribution in [3.63, 3.8) is 0 Å². The van der Waals surface area contributed by atoms with E-state index >= 15 is 0 Å². The Morgan fingerprint density at radius 3 is 2.39 bits per heavy atom. The van der Waals surface area contributed by atoms with Crippen LogP contribution >= 0.6 is 0 Å². The summed E-state index contributed by atoms with van der Waals surface area (Å²) < 4.78 is 7.05. The highest BCUT2D eigenvalue weighted by atomic mass is 16.5. The van der Waals surface area contributed by atoms with E-state index in [4.69, 9.17) is 4.74 Å². The molecule has 1 aliphatic heterocycles. The van der Waals surface area contributed by atoms with E-state index in [0.29, 0.717) is 38.3 Å². The predicted octanol–water partition coefficient (Wildman–Crippen LogP) is 2.96. The first kappa shape index (κ1) is 20.6. The topological polar surface area (TPSA) is 74.4 Å². The van der Waals surface area contributed by atoms with Crippen LogP contribution in [0.2, 0.25) is 0 Å². The lowest BCUT2D eigenvalue weighted by Gasteiger charge is -2.37. The lowest BCUT2D eigenvalue weighted by molar-refractivity contribution is 0.0606. The van der Waals surface area contributed by atoms with Gasteiger partial charge in [-0.25, -0.2) is 0 Å². The normalized spacial score (nSPS) is 15.3. The van der Waals surface area contributed by atoms with Gasteiger partial charge < -0.3 is 9.64 Å². The number of hydrogen-bond donors (Lipinski definition) is 0. The Morgan fingerprint density at radius 1 is 1.10 bits per heavy atom. The van der Waals surface area contributed by atoms with Crippen molar-refractivity contribution in [2.75, 3.05) is 33.3 Å². The van der Waals surface area contributed by atoms with E-state index in [-0.39, 0.29) is 11.9 Å². The maximum absolute atomic E-state index is 12.9. The Bertz CT molecular complexity index is 1030. The van der Waals surface area contributed by atoms with Gasteiger partial charge in [0.15, 0.2) is 0 Å². The van der Waals surface area contributed by atoms with Crippen molar-refractivity contribution in [3.8, 4) is 11.8 Å². The molecule has 0 bridgehead atoms. The number of nitrogens with zero attached hydrogens (tertiary/aromatic N) is 5. The molecule has 7 heteroatoms. The number of carbonyl (C=O) groups is 1. The lowest BCUT2D eigenvalue weighted by atomic mass is 10.0. The molecule has 1 atom stereocenters. The van der Waals surface area contributed by atoms with Gasteiger partial charge in [-0.2, -0.15) is 10.4 Å². The summed E-state index contributed by atoms with van der Waals surface area (Å²) in [6.45, 7) is 3.20. The summed E-state index contributed by atoms with van der Waals surface area (Å²) in [5.74, 6) is 0.801. The van der Waals surface area contributed by atoms with Gasteiger partial charge >= 0.3 is 0 Å². The molecule has 4 rings (SSSR count). The van der Waals surface area contributed by atoms with Gasteiger partial charge in [-0.1, -0.05) is 24.3 Å². The van der Waals surface area contributed by atoms with Crippen LogP contribution in [0.5, 0.6) is 5.75 Å². The molecule has 3 aromatic rings. The van der Waals surface area contributed by atoms with Gasteiger partial charge in [0.25, 0.3) is 5.91 Å². The fraction of sp³-hybridized carbons (Fsp3) is 0.292. The van der Waals surface area contributed by atoms with E-state index in [1.54, 1.807) is 13.3 Å². The van der Waals surface area contributed by atoms with E-state index < -0.39 is 0 Å². The minimum atomic E-state index is -0.329. The molecular weight excluding hydrogens is 390 g/mol. The highest BCUT2D eigenvalue weighted by Gasteiger charge is 2.27. The molecule has 1 unspecified atom stereocenters. The molecule has 7 nitrogen and oxygen atoms in total. The number of methoxy groups -OCH3 is 1. The number of benzene rings is 2. The number of amides is 1. The fourth-order valence-corrected chi connectivity index (χ4v) is 3.85. The largest absolute Gasteiger partial charge is 0.497 e. The van der Waals surface area contributed by atoms with Crippen molar-refractivity contribution in [2.24, 2.45) is 0 Å². The second kappa shape index (κ2) is 9.45. The molecule has 1 amide bonds. The molecule has 1 aliphatic rings. The van der Waals surface area contributed by atoms with Gasteiger partial charge in [0.1, 0.15) is 11.8 Å². The third-order valence-corrected chi connectivity index (χ3v) is 5.63. The SMILES string of the molecule is COc1ccc(C(C#N)N2CCN(C(=O)c3ccc(Cn4cccn4)cc3)CC2)cc1. The van der Waals surface area contributed by atoms with E-state index in [1.807, 2.05) is 70.4 Å². The molecule has 2 aromatic carbocycles. The maximum atomic E-state index is 12.9. The van der Waals surface area contributed by atoms with Gasteiger partial charge in [0.05, 0.1) is 19.7 Å². The van der Waals surface area contributed by atoms with Crippen LogP contribution in [-0.2, 0) is 6.54 Å². The molecule has 158 valence electrons. The third-order valence-electron chi connectivity index (χ3n) is 5.63. The third kappa shape index (κ3) is 4.76. The number of rotatable bonds is 6. The van der Waals surface area contributed by atoms with Crippen molar-refractivity contribution in [1.82, 2.24) is 19.6 Å². The number of aromatic nitrogens is 2. The van der Waals surface area contributed by atoms with Crippen LogP contribution in [0.15, 0.2) is 67.0 Å². The summed E-state index contributed by atoms with van der Waals surface area (Å²) in [6.07, 6.45) is 3.67. The Hall–Kier alpha value is -3.63. The molecule has 0 aliphatic carbocycles. The molecule has 2 heterocycles. The van der Waals surface area contributed by atoms with E-state index in [1.165, 1.54) is 0 Å².